The highest BCUT2D eigenvalue weighted by atomic mass is 16.1. The van der Waals surface area contributed by atoms with Crippen LogP contribution >= 0.6 is 0 Å². The molecule has 7 nitrogen and oxygen atoms in total. The van der Waals surface area contributed by atoms with Gasteiger partial charge in [-0.1, -0.05) is 36.4 Å². The molecule has 0 atom stereocenters. The van der Waals surface area contributed by atoms with Crippen LogP contribution in [-0.4, -0.2) is 33.9 Å². The Bertz CT molecular complexity index is 1290. The predicted molar refractivity (Wildman–Crippen MR) is 122 cm³/mol. The minimum absolute atomic E-state index is 0.440. The van der Waals surface area contributed by atoms with Crippen molar-refractivity contribution >= 4 is 22.9 Å². The summed E-state index contributed by atoms with van der Waals surface area (Å²) in [6.45, 7) is 3.60. The molecule has 7 heteroatoms. The van der Waals surface area contributed by atoms with Crippen LogP contribution in [0.4, 0.5) is 11.5 Å². The summed E-state index contributed by atoms with van der Waals surface area (Å²) in [7, 11) is 2.07. The van der Waals surface area contributed by atoms with Gasteiger partial charge in [0.2, 0.25) is 0 Å². The summed E-state index contributed by atoms with van der Waals surface area (Å²) in [4.78, 5) is 24.0. The van der Waals surface area contributed by atoms with Crippen LogP contribution in [0.5, 0.6) is 0 Å². The Balaban J connectivity index is 1.63. The Morgan fingerprint density at radius 3 is 2.71 bits per heavy atom. The number of hydrogen-bond acceptors (Lipinski definition) is 5. The van der Waals surface area contributed by atoms with Crippen molar-refractivity contribution in [2.24, 2.45) is 5.73 Å². The van der Waals surface area contributed by atoms with E-state index in [-0.39, 0.29) is 0 Å². The average molecular weight is 412 g/mol. The van der Waals surface area contributed by atoms with Gasteiger partial charge in [-0.25, -0.2) is 9.97 Å². The van der Waals surface area contributed by atoms with Crippen LogP contribution in [0.3, 0.4) is 0 Å². The molecule has 3 N–H and O–H groups in total. The molecule has 1 amide bonds. The number of nitrogens with zero attached hydrogens (tertiary/aromatic N) is 4. The van der Waals surface area contributed by atoms with Crippen LogP contribution in [0.15, 0.2) is 54.7 Å². The molecule has 3 aromatic heterocycles. The van der Waals surface area contributed by atoms with E-state index < -0.39 is 5.91 Å². The van der Waals surface area contributed by atoms with Crippen molar-refractivity contribution in [1.82, 2.24) is 14.4 Å². The van der Waals surface area contributed by atoms with E-state index in [1.165, 1.54) is 5.56 Å². The van der Waals surface area contributed by atoms with Gasteiger partial charge < -0.3 is 20.4 Å². The van der Waals surface area contributed by atoms with E-state index in [1.54, 1.807) is 6.07 Å². The number of primary amides is 1. The van der Waals surface area contributed by atoms with E-state index in [0.717, 1.165) is 46.8 Å². The minimum atomic E-state index is -0.464. The maximum atomic E-state index is 11.9. The second-order valence-corrected chi connectivity index (χ2v) is 7.92. The van der Waals surface area contributed by atoms with Crippen LogP contribution in [0, 0.1) is 6.92 Å². The molecule has 0 bridgehead atoms. The highest BCUT2D eigenvalue weighted by Crippen LogP contribution is 2.36. The Kier molecular flexibility index (Phi) is 4.58. The molecule has 1 aliphatic rings. The second kappa shape index (κ2) is 7.43. The number of rotatable bonds is 5. The summed E-state index contributed by atoms with van der Waals surface area (Å²) in [5.41, 5.74) is 12.1. The molecule has 0 aliphatic carbocycles. The van der Waals surface area contributed by atoms with Crippen molar-refractivity contribution < 1.29 is 4.79 Å². The van der Waals surface area contributed by atoms with Gasteiger partial charge in [-0.15, -0.1) is 0 Å². The highest BCUT2D eigenvalue weighted by Gasteiger charge is 2.25. The van der Waals surface area contributed by atoms with E-state index >= 15 is 0 Å². The molecular formula is C24H24N6O. The van der Waals surface area contributed by atoms with Gasteiger partial charge in [0.15, 0.2) is 11.6 Å². The second-order valence-electron chi connectivity index (χ2n) is 7.92. The van der Waals surface area contributed by atoms with Gasteiger partial charge in [-0.3, -0.25) is 4.79 Å². The number of fused-ring (bicyclic) bond motifs is 2. The third-order valence-corrected chi connectivity index (χ3v) is 5.80. The van der Waals surface area contributed by atoms with Crippen LogP contribution in [-0.2, 0) is 13.0 Å². The average Bonchev–Trinajstić information content (AvgIpc) is 3.31. The largest absolute Gasteiger partial charge is 0.370 e. The maximum absolute atomic E-state index is 11.9. The zero-order chi connectivity index (χ0) is 21.5. The molecular weight excluding hydrogens is 388 g/mol. The molecule has 0 spiro atoms. The summed E-state index contributed by atoms with van der Waals surface area (Å²) >= 11 is 0. The summed E-state index contributed by atoms with van der Waals surface area (Å²) < 4.78 is 1.83. The van der Waals surface area contributed by atoms with Crippen molar-refractivity contribution in [1.29, 1.82) is 0 Å². The van der Waals surface area contributed by atoms with Crippen molar-refractivity contribution in [2.45, 2.75) is 19.9 Å². The number of benzene rings is 1. The van der Waals surface area contributed by atoms with Crippen LogP contribution in [0.2, 0.25) is 0 Å². The van der Waals surface area contributed by atoms with Gasteiger partial charge in [0.05, 0.1) is 11.2 Å². The number of pyridine rings is 1. The third kappa shape index (κ3) is 3.28. The van der Waals surface area contributed by atoms with E-state index in [4.69, 9.17) is 15.7 Å². The molecule has 156 valence electrons. The lowest BCUT2D eigenvalue weighted by atomic mass is 10.1. The molecule has 1 aromatic carbocycles. The van der Waals surface area contributed by atoms with E-state index in [2.05, 4.69) is 29.4 Å². The first-order valence-corrected chi connectivity index (χ1v) is 10.3. The molecule has 0 radical (unpaired) electrons. The summed E-state index contributed by atoms with van der Waals surface area (Å²) in [6.07, 6.45) is 2.79. The minimum Gasteiger partial charge on any atom is -0.370 e. The molecule has 0 saturated carbocycles. The zero-order valence-corrected chi connectivity index (χ0v) is 17.6. The molecule has 1 aliphatic heterocycles. The number of amides is 1. The number of carbonyl (C=O) groups is 1. The molecule has 31 heavy (non-hydrogen) atoms. The molecule has 0 fully saturated rings. The lowest BCUT2D eigenvalue weighted by molar-refractivity contribution is 0.0994. The Hall–Kier alpha value is -3.87. The number of anilines is 2. The monoisotopic (exact) mass is 412 g/mol. The van der Waals surface area contributed by atoms with Crippen molar-refractivity contribution in [3.63, 3.8) is 0 Å². The smallest absolute Gasteiger partial charge is 0.265 e. The molecule has 5 rings (SSSR count). The predicted octanol–water partition coefficient (Wildman–Crippen LogP) is 3.41. The SMILES string of the molecule is Cc1cn2c(C(N)=O)cccc2c1-c1nc2c(c(NCc3ccccc3)n1)N(C)CC2. The Labute approximate surface area is 180 Å². The number of nitrogens with two attached hydrogens (primary N) is 1. The maximum Gasteiger partial charge on any atom is 0.265 e. The van der Waals surface area contributed by atoms with Gasteiger partial charge in [0, 0.05) is 38.3 Å². The molecule has 0 saturated heterocycles. The fourth-order valence-electron chi connectivity index (χ4n) is 4.29. The van der Waals surface area contributed by atoms with E-state index in [9.17, 15) is 4.79 Å². The fourth-order valence-corrected chi connectivity index (χ4v) is 4.29. The van der Waals surface area contributed by atoms with Crippen LogP contribution in [0.25, 0.3) is 16.9 Å². The fraction of sp³-hybridized carbons (Fsp3) is 0.208. The first kappa shape index (κ1) is 19.1. The topological polar surface area (TPSA) is 88.5 Å². The summed E-state index contributed by atoms with van der Waals surface area (Å²) in [6, 6.07) is 15.8. The van der Waals surface area contributed by atoms with Crippen LogP contribution in [0.1, 0.15) is 27.3 Å². The standard InChI is InChI=1S/C24H24N6O/c1-15-14-30-18(9-6-10-19(30)22(25)31)20(15)23-27-17-11-12-29(2)21(17)24(28-23)26-13-16-7-4-3-5-8-16/h3-10,14H,11-13H2,1-2H3,(H2,25,31)(H,26,27,28). The zero-order valence-electron chi connectivity index (χ0n) is 17.6. The number of hydrogen-bond donors (Lipinski definition) is 2. The molecule has 0 unspecified atom stereocenters. The normalized spacial score (nSPS) is 12.9. The molecule has 4 aromatic rings. The number of likely N-dealkylation sites (N-methyl/N-ethyl adjacent to an activating group) is 1. The van der Waals surface area contributed by atoms with Gasteiger partial charge >= 0.3 is 0 Å². The summed E-state index contributed by atoms with van der Waals surface area (Å²) in [5, 5.41) is 3.52. The van der Waals surface area contributed by atoms with Gasteiger partial charge in [0.25, 0.3) is 5.91 Å². The van der Waals surface area contributed by atoms with Gasteiger partial charge in [-0.2, -0.15) is 0 Å². The first-order chi connectivity index (χ1) is 15.0. The highest BCUT2D eigenvalue weighted by molar-refractivity contribution is 5.94. The van der Waals surface area contributed by atoms with Crippen LogP contribution < -0.4 is 16.0 Å². The lowest BCUT2D eigenvalue weighted by Crippen LogP contribution is -2.16. The third-order valence-electron chi connectivity index (χ3n) is 5.80. The van der Waals surface area contributed by atoms with Crippen molar-refractivity contribution in [3.8, 4) is 11.4 Å². The van der Waals surface area contributed by atoms with Gasteiger partial charge in [-0.05, 0) is 30.2 Å². The summed E-state index contributed by atoms with van der Waals surface area (Å²) in [5.74, 6) is 1.02. The number of carbonyl (C=O) groups excluding carboxylic acids is 1. The van der Waals surface area contributed by atoms with Gasteiger partial charge in [0.1, 0.15) is 11.4 Å². The Morgan fingerprint density at radius 1 is 1.13 bits per heavy atom. The first-order valence-electron chi connectivity index (χ1n) is 10.3. The number of aromatic nitrogens is 3. The number of nitrogens with one attached hydrogen (secondary N) is 1. The Morgan fingerprint density at radius 2 is 1.94 bits per heavy atom. The quantitative estimate of drug-likeness (QED) is 0.524. The lowest BCUT2D eigenvalue weighted by Gasteiger charge is -2.18. The van der Waals surface area contributed by atoms with E-state index in [1.807, 2.05) is 47.9 Å². The number of aryl methyl sites for hydroxylation is 1. The van der Waals surface area contributed by atoms with Crippen molar-refractivity contribution in [3.05, 3.63) is 77.2 Å². The van der Waals surface area contributed by atoms with E-state index in [0.29, 0.717) is 18.1 Å². The molecule has 4 heterocycles. The van der Waals surface area contributed by atoms with Crippen molar-refractivity contribution in [2.75, 3.05) is 23.8 Å².